The third-order valence-corrected chi connectivity index (χ3v) is 2.19. The second-order valence-corrected chi connectivity index (χ2v) is 3.41. The van der Waals surface area contributed by atoms with Crippen LogP contribution in [0.3, 0.4) is 0 Å². The molecule has 1 heterocycles. The molecule has 1 aromatic heterocycles. The van der Waals surface area contributed by atoms with Crippen LogP contribution in [0.25, 0.3) is 0 Å². The second-order valence-electron chi connectivity index (χ2n) is 3.41. The van der Waals surface area contributed by atoms with Crippen molar-refractivity contribution >= 4 is 0 Å². The number of hydrogen-bond acceptors (Lipinski definition) is 3. The Balaban J connectivity index is 3.02. The Morgan fingerprint density at radius 3 is 2.08 bits per heavy atom. The minimum atomic E-state index is -0.602. The lowest BCUT2D eigenvalue weighted by Gasteiger charge is -2.11. The predicted molar refractivity (Wildman–Crippen MR) is 45.2 cm³/mol. The molecule has 1 aromatic rings. The fourth-order valence-corrected chi connectivity index (χ4v) is 1.07. The molecular weight excluding hydrogens is 156 g/mol. The van der Waals surface area contributed by atoms with Crippen LogP contribution in [0.1, 0.15) is 38.2 Å². The normalized spacial score (nSPS) is 13.8. The predicted octanol–water partition coefficient (Wildman–Crippen LogP) is 2.30. The molecule has 0 aliphatic heterocycles. The molecule has 0 fully saturated rings. The van der Waals surface area contributed by atoms with Crippen molar-refractivity contribution in [3.63, 3.8) is 0 Å². The highest BCUT2D eigenvalue weighted by Gasteiger charge is 2.18. The van der Waals surface area contributed by atoms with E-state index in [4.69, 9.17) is 8.83 Å². The largest absolute Gasteiger partial charge is 0.519 e. The molecule has 1 atom stereocenters. The molecule has 0 aliphatic rings. The van der Waals surface area contributed by atoms with Gasteiger partial charge in [0.05, 0.1) is 0 Å². The maximum atomic E-state index is 10.7. The Hall–Kier alpha value is -0.990. The fraction of sp³-hybridized carbons (Fsp3) is 0.667. The summed E-state index contributed by atoms with van der Waals surface area (Å²) in [7, 11) is 0. The molecule has 12 heavy (non-hydrogen) atoms. The van der Waals surface area contributed by atoms with E-state index in [9.17, 15) is 4.79 Å². The van der Waals surface area contributed by atoms with Gasteiger partial charge >= 0.3 is 5.82 Å². The summed E-state index contributed by atoms with van der Waals surface area (Å²) in [6.45, 7) is 7.93. The van der Waals surface area contributed by atoms with Gasteiger partial charge in [0.1, 0.15) is 5.76 Å². The van der Waals surface area contributed by atoms with Gasteiger partial charge in [-0.05, 0) is 12.8 Å². The average Bonchev–Trinajstić information content (AvgIpc) is 2.28. The molecule has 0 N–H and O–H groups in total. The number of hydrogen-bond donors (Lipinski definition) is 0. The van der Waals surface area contributed by atoms with E-state index in [1.807, 2.05) is 6.92 Å². The second kappa shape index (κ2) is 3.17. The summed E-state index contributed by atoms with van der Waals surface area (Å²) in [5.74, 6) is 1.35. The molecule has 0 saturated heterocycles. The molecule has 0 bridgehead atoms. The zero-order valence-corrected chi connectivity index (χ0v) is 7.88. The van der Waals surface area contributed by atoms with Crippen LogP contribution < -0.4 is 5.82 Å². The van der Waals surface area contributed by atoms with Crippen molar-refractivity contribution in [2.75, 3.05) is 0 Å². The molecule has 0 spiro atoms. The molecular formula is C9H14O3. The first-order valence-electron chi connectivity index (χ1n) is 4.12. The molecule has 0 saturated carbocycles. The Kier molecular flexibility index (Phi) is 2.40. The van der Waals surface area contributed by atoms with E-state index in [1.165, 1.54) is 0 Å². The van der Waals surface area contributed by atoms with E-state index < -0.39 is 5.82 Å². The SMILES string of the molecule is Cc1oc(=O)oc1C(C)C(C)C. The van der Waals surface area contributed by atoms with E-state index in [1.54, 1.807) is 6.92 Å². The Bertz CT molecular complexity index is 306. The molecule has 0 aliphatic carbocycles. The molecule has 3 heteroatoms. The highest BCUT2D eigenvalue weighted by atomic mass is 16.6. The van der Waals surface area contributed by atoms with Crippen LogP contribution in [0, 0.1) is 12.8 Å². The zero-order valence-electron chi connectivity index (χ0n) is 7.88. The van der Waals surface area contributed by atoms with Gasteiger partial charge in [-0.3, -0.25) is 0 Å². The van der Waals surface area contributed by atoms with Crippen LogP contribution in [-0.2, 0) is 0 Å². The van der Waals surface area contributed by atoms with Gasteiger partial charge in [-0.2, -0.15) is 0 Å². The van der Waals surface area contributed by atoms with Gasteiger partial charge in [0.2, 0.25) is 0 Å². The van der Waals surface area contributed by atoms with Crippen molar-refractivity contribution in [2.24, 2.45) is 5.92 Å². The standard InChI is InChI=1S/C9H14O3/c1-5(2)6(3)8-7(4)11-9(10)12-8/h5-6H,1-4H3. The van der Waals surface area contributed by atoms with Crippen molar-refractivity contribution in [3.05, 3.63) is 22.1 Å². The molecule has 0 amide bonds. The van der Waals surface area contributed by atoms with Gasteiger partial charge in [0.25, 0.3) is 0 Å². The summed E-state index contributed by atoms with van der Waals surface area (Å²) in [5, 5.41) is 0. The highest BCUT2D eigenvalue weighted by molar-refractivity contribution is 5.07. The van der Waals surface area contributed by atoms with Crippen molar-refractivity contribution in [1.29, 1.82) is 0 Å². The van der Waals surface area contributed by atoms with Crippen LogP contribution in [-0.4, -0.2) is 0 Å². The number of aryl methyl sites for hydroxylation is 1. The first kappa shape index (κ1) is 9.10. The van der Waals surface area contributed by atoms with Gasteiger partial charge in [0.15, 0.2) is 5.76 Å². The Labute approximate surface area is 71.4 Å². The molecule has 0 aromatic carbocycles. The minimum absolute atomic E-state index is 0.233. The van der Waals surface area contributed by atoms with E-state index in [0.717, 1.165) is 0 Å². The summed E-state index contributed by atoms with van der Waals surface area (Å²) in [6, 6.07) is 0. The minimum Gasteiger partial charge on any atom is -0.396 e. The third kappa shape index (κ3) is 1.60. The van der Waals surface area contributed by atoms with E-state index >= 15 is 0 Å². The number of rotatable bonds is 2. The van der Waals surface area contributed by atoms with Gasteiger partial charge in [-0.25, -0.2) is 4.79 Å². The van der Waals surface area contributed by atoms with Crippen molar-refractivity contribution < 1.29 is 8.83 Å². The van der Waals surface area contributed by atoms with Crippen molar-refractivity contribution in [3.8, 4) is 0 Å². The van der Waals surface area contributed by atoms with E-state index in [-0.39, 0.29) is 5.92 Å². The lowest BCUT2D eigenvalue weighted by atomic mass is 9.95. The summed E-state index contributed by atoms with van der Waals surface area (Å²) in [4.78, 5) is 10.7. The van der Waals surface area contributed by atoms with Gasteiger partial charge in [-0.1, -0.05) is 20.8 Å². The first-order chi connectivity index (χ1) is 5.52. The highest BCUT2D eigenvalue weighted by Crippen LogP contribution is 2.25. The molecule has 0 radical (unpaired) electrons. The van der Waals surface area contributed by atoms with Crippen LogP contribution in [0.5, 0.6) is 0 Å². The fourth-order valence-electron chi connectivity index (χ4n) is 1.07. The molecule has 1 rings (SSSR count). The van der Waals surface area contributed by atoms with Gasteiger partial charge in [0, 0.05) is 5.92 Å². The lowest BCUT2D eigenvalue weighted by Crippen LogP contribution is -2.02. The Morgan fingerprint density at radius 2 is 1.75 bits per heavy atom. The lowest BCUT2D eigenvalue weighted by molar-refractivity contribution is 0.350. The van der Waals surface area contributed by atoms with E-state index in [0.29, 0.717) is 17.4 Å². The van der Waals surface area contributed by atoms with Crippen LogP contribution >= 0.6 is 0 Å². The molecule has 68 valence electrons. The summed E-state index contributed by atoms with van der Waals surface area (Å²) >= 11 is 0. The van der Waals surface area contributed by atoms with Crippen LogP contribution in [0.2, 0.25) is 0 Å². The van der Waals surface area contributed by atoms with Gasteiger partial charge in [-0.15, -0.1) is 0 Å². The molecule has 3 nitrogen and oxygen atoms in total. The molecule has 1 unspecified atom stereocenters. The topological polar surface area (TPSA) is 43.4 Å². The van der Waals surface area contributed by atoms with Crippen molar-refractivity contribution in [2.45, 2.75) is 33.6 Å². The maximum Gasteiger partial charge on any atom is 0.519 e. The smallest absolute Gasteiger partial charge is 0.396 e. The van der Waals surface area contributed by atoms with E-state index in [2.05, 4.69) is 13.8 Å². The first-order valence-corrected chi connectivity index (χ1v) is 4.12. The summed E-state index contributed by atoms with van der Waals surface area (Å²) < 4.78 is 9.68. The summed E-state index contributed by atoms with van der Waals surface area (Å²) in [5.41, 5.74) is 0. The average molecular weight is 170 g/mol. The quantitative estimate of drug-likeness (QED) is 0.684. The summed E-state index contributed by atoms with van der Waals surface area (Å²) in [6.07, 6.45) is 0. The Morgan fingerprint density at radius 1 is 1.17 bits per heavy atom. The van der Waals surface area contributed by atoms with Crippen molar-refractivity contribution in [1.82, 2.24) is 0 Å². The third-order valence-electron chi connectivity index (χ3n) is 2.19. The zero-order chi connectivity index (χ0) is 9.30. The van der Waals surface area contributed by atoms with Crippen LogP contribution in [0.4, 0.5) is 0 Å². The maximum absolute atomic E-state index is 10.7. The van der Waals surface area contributed by atoms with Gasteiger partial charge < -0.3 is 8.83 Å². The monoisotopic (exact) mass is 170 g/mol. The van der Waals surface area contributed by atoms with Crippen LogP contribution in [0.15, 0.2) is 13.6 Å².